The third-order valence-electron chi connectivity index (χ3n) is 6.16. The lowest BCUT2D eigenvalue weighted by Crippen LogP contribution is -2.42. The molecule has 0 saturated carbocycles. The van der Waals surface area contributed by atoms with Gasteiger partial charge < -0.3 is 10.6 Å². The lowest BCUT2D eigenvalue weighted by molar-refractivity contribution is -0.131. The SMILES string of the molecule is CCC(C)(C)C(=O)NCC(C)(C)CC(C)CCNC(=O)C(C)(CC)CC. The van der Waals surface area contributed by atoms with Crippen molar-refractivity contribution in [1.82, 2.24) is 10.6 Å². The Morgan fingerprint density at radius 2 is 1.38 bits per heavy atom. The summed E-state index contributed by atoms with van der Waals surface area (Å²) < 4.78 is 0. The number of rotatable bonds is 12. The molecule has 1 atom stereocenters. The van der Waals surface area contributed by atoms with Gasteiger partial charge in [-0.15, -0.1) is 0 Å². The quantitative estimate of drug-likeness (QED) is 0.513. The molecular weight excluding hydrogens is 324 g/mol. The van der Waals surface area contributed by atoms with Crippen molar-refractivity contribution in [1.29, 1.82) is 0 Å². The van der Waals surface area contributed by atoms with Crippen LogP contribution in [0.4, 0.5) is 0 Å². The van der Waals surface area contributed by atoms with Crippen LogP contribution in [-0.2, 0) is 9.59 Å². The topological polar surface area (TPSA) is 58.2 Å². The van der Waals surface area contributed by atoms with Crippen molar-refractivity contribution in [2.75, 3.05) is 13.1 Å². The summed E-state index contributed by atoms with van der Waals surface area (Å²) in [5.74, 6) is 0.797. The first-order valence-corrected chi connectivity index (χ1v) is 10.4. The summed E-state index contributed by atoms with van der Waals surface area (Å²) in [4.78, 5) is 24.6. The highest BCUT2D eigenvalue weighted by Crippen LogP contribution is 2.28. The third kappa shape index (κ3) is 8.09. The van der Waals surface area contributed by atoms with Crippen LogP contribution in [0.3, 0.4) is 0 Å². The largest absolute Gasteiger partial charge is 0.356 e. The summed E-state index contributed by atoms with van der Waals surface area (Å²) in [7, 11) is 0. The second-order valence-electron chi connectivity index (χ2n) is 9.71. The van der Waals surface area contributed by atoms with Crippen LogP contribution in [0.1, 0.15) is 94.4 Å². The lowest BCUT2D eigenvalue weighted by Gasteiger charge is -2.31. The second kappa shape index (κ2) is 10.3. The number of hydrogen-bond acceptors (Lipinski definition) is 2. The minimum absolute atomic E-state index is 0.0459. The van der Waals surface area contributed by atoms with Gasteiger partial charge in [0.15, 0.2) is 0 Å². The lowest BCUT2D eigenvalue weighted by atomic mass is 9.81. The minimum Gasteiger partial charge on any atom is -0.356 e. The maximum Gasteiger partial charge on any atom is 0.225 e. The van der Waals surface area contributed by atoms with Crippen molar-refractivity contribution in [3.05, 3.63) is 0 Å². The Hall–Kier alpha value is -1.06. The highest BCUT2D eigenvalue weighted by atomic mass is 16.2. The van der Waals surface area contributed by atoms with E-state index in [1.165, 1.54) is 0 Å². The normalized spacial score (nSPS) is 14.0. The van der Waals surface area contributed by atoms with E-state index >= 15 is 0 Å². The van der Waals surface area contributed by atoms with Crippen LogP contribution in [0.5, 0.6) is 0 Å². The van der Waals surface area contributed by atoms with Crippen molar-refractivity contribution in [3.63, 3.8) is 0 Å². The van der Waals surface area contributed by atoms with Crippen molar-refractivity contribution >= 4 is 11.8 Å². The molecule has 0 rings (SSSR count). The Kier molecular flexibility index (Phi) is 9.90. The Morgan fingerprint density at radius 3 is 1.85 bits per heavy atom. The zero-order valence-corrected chi connectivity index (χ0v) is 18.8. The molecular formula is C22H44N2O2. The monoisotopic (exact) mass is 368 g/mol. The van der Waals surface area contributed by atoms with Gasteiger partial charge in [-0.25, -0.2) is 0 Å². The molecule has 4 heteroatoms. The van der Waals surface area contributed by atoms with E-state index in [9.17, 15) is 9.59 Å². The van der Waals surface area contributed by atoms with Gasteiger partial charge >= 0.3 is 0 Å². The van der Waals surface area contributed by atoms with Gasteiger partial charge in [-0.2, -0.15) is 0 Å². The van der Waals surface area contributed by atoms with Gasteiger partial charge in [0.05, 0.1) is 0 Å². The molecule has 2 amide bonds. The van der Waals surface area contributed by atoms with Gasteiger partial charge in [-0.05, 0) is 43.4 Å². The first kappa shape index (κ1) is 24.9. The van der Waals surface area contributed by atoms with Crippen LogP contribution < -0.4 is 10.6 Å². The highest BCUT2D eigenvalue weighted by Gasteiger charge is 2.30. The van der Waals surface area contributed by atoms with Crippen LogP contribution in [0.15, 0.2) is 0 Å². The van der Waals surface area contributed by atoms with Crippen molar-refractivity contribution in [2.45, 2.75) is 94.4 Å². The molecule has 0 aromatic rings. The van der Waals surface area contributed by atoms with Crippen molar-refractivity contribution in [2.24, 2.45) is 22.2 Å². The molecule has 0 spiro atoms. The Labute approximate surface area is 162 Å². The molecule has 0 aliphatic rings. The molecule has 0 aliphatic heterocycles. The number of nitrogens with one attached hydrogen (secondary N) is 2. The van der Waals surface area contributed by atoms with Crippen LogP contribution in [0, 0.1) is 22.2 Å². The molecule has 0 aromatic carbocycles. The Morgan fingerprint density at radius 1 is 0.846 bits per heavy atom. The molecule has 0 heterocycles. The van der Waals surface area contributed by atoms with Crippen molar-refractivity contribution in [3.8, 4) is 0 Å². The predicted octanol–water partition coefficient (Wildman–Crippen LogP) is 4.92. The zero-order valence-electron chi connectivity index (χ0n) is 18.8. The molecule has 0 fully saturated rings. The smallest absolute Gasteiger partial charge is 0.225 e. The van der Waals surface area contributed by atoms with Gasteiger partial charge in [0.2, 0.25) is 11.8 Å². The fourth-order valence-corrected chi connectivity index (χ4v) is 3.05. The molecule has 0 bridgehead atoms. The van der Waals surface area contributed by atoms with Gasteiger partial charge in [-0.1, -0.05) is 62.3 Å². The summed E-state index contributed by atoms with van der Waals surface area (Å²) in [6, 6.07) is 0. The number of carbonyl (C=O) groups excluding carboxylic acids is 2. The summed E-state index contributed by atoms with van der Waals surface area (Å²) in [6.45, 7) is 20.2. The van der Waals surface area contributed by atoms with Gasteiger partial charge in [0.1, 0.15) is 0 Å². The van der Waals surface area contributed by atoms with E-state index in [0.717, 1.165) is 38.6 Å². The molecule has 26 heavy (non-hydrogen) atoms. The van der Waals surface area contributed by atoms with Crippen LogP contribution in [-0.4, -0.2) is 24.9 Å². The molecule has 1 unspecified atom stereocenters. The maximum atomic E-state index is 12.3. The van der Waals surface area contributed by atoms with E-state index in [4.69, 9.17) is 0 Å². The van der Waals surface area contributed by atoms with E-state index in [-0.39, 0.29) is 28.1 Å². The molecule has 0 aromatic heterocycles. The number of amides is 2. The number of hydrogen-bond donors (Lipinski definition) is 2. The fraction of sp³-hybridized carbons (Fsp3) is 0.909. The summed E-state index contributed by atoms with van der Waals surface area (Å²) in [6.07, 6.45) is 4.56. The minimum atomic E-state index is -0.308. The van der Waals surface area contributed by atoms with E-state index in [0.29, 0.717) is 12.5 Å². The van der Waals surface area contributed by atoms with E-state index in [2.05, 4.69) is 45.3 Å². The zero-order chi connectivity index (χ0) is 20.6. The summed E-state index contributed by atoms with van der Waals surface area (Å²) >= 11 is 0. The highest BCUT2D eigenvalue weighted by molar-refractivity contribution is 5.82. The standard InChI is InChI=1S/C22H44N2O2/c1-10-21(7,8)18(25)24-16-20(5,6)15-17(4)13-14-23-19(26)22(9,11-2)12-3/h17H,10-16H2,1-9H3,(H,23,26)(H,24,25). The molecule has 0 aliphatic carbocycles. The third-order valence-corrected chi connectivity index (χ3v) is 6.16. The fourth-order valence-electron chi connectivity index (χ4n) is 3.05. The van der Waals surface area contributed by atoms with E-state index in [1.807, 2.05) is 27.7 Å². The average Bonchev–Trinajstić information content (AvgIpc) is 2.58. The predicted molar refractivity (Wildman–Crippen MR) is 111 cm³/mol. The Balaban J connectivity index is 4.35. The van der Waals surface area contributed by atoms with Gasteiger partial charge in [-0.3, -0.25) is 9.59 Å². The molecule has 2 N–H and O–H groups in total. The summed E-state index contributed by atoms with van der Waals surface area (Å²) in [5, 5.41) is 6.23. The Bertz CT molecular complexity index is 451. The van der Waals surface area contributed by atoms with E-state index < -0.39 is 0 Å². The average molecular weight is 369 g/mol. The first-order valence-electron chi connectivity index (χ1n) is 10.4. The number of carbonyl (C=O) groups is 2. The van der Waals surface area contributed by atoms with Gasteiger partial charge in [0, 0.05) is 23.9 Å². The molecule has 4 nitrogen and oxygen atoms in total. The van der Waals surface area contributed by atoms with Crippen LogP contribution in [0.25, 0.3) is 0 Å². The van der Waals surface area contributed by atoms with Crippen molar-refractivity contribution < 1.29 is 9.59 Å². The van der Waals surface area contributed by atoms with Crippen LogP contribution >= 0.6 is 0 Å². The molecule has 0 radical (unpaired) electrons. The summed E-state index contributed by atoms with van der Waals surface area (Å²) in [5.41, 5.74) is -0.514. The van der Waals surface area contributed by atoms with Crippen LogP contribution in [0.2, 0.25) is 0 Å². The van der Waals surface area contributed by atoms with E-state index in [1.54, 1.807) is 0 Å². The maximum absolute atomic E-state index is 12.3. The van der Waals surface area contributed by atoms with Gasteiger partial charge in [0.25, 0.3) is 0 Å². The second-order valence-corrected chi connectivity index (χ2v) is 9.71. The first-order chi connectivity index (χ1) is 11.8. The molecule has 0 saturated heterocycles. The molecule has 154 valence electrons.